The smallest absolute Gasteiger partial charge is 0.317 e. The first-order chi connectivity index (χ1) is 9.03. The molecule has 2 amide bonds. The van der Waals surface area contributed by atoms with Crippen LogP contribution in [0.4, 0.5) is 4.79 Å². The standard InChI is InChI=1S/C14H24N2O3/c1-11-5-4-8-16(9-11)13(19)15-10-14(12(17)18)6-2-3-7-14/h11H,2-10H2,1H3,(H,15,19)(H,17,18). The molecule has 1 aliphatic carbocycles. The fourth-order valence-corrected chi connectivity index (χ4v) is 3.25. The van der Waals surface area contributed by atoms with Gasteiger partial charge >= 0.3 is 12.0 Å². The van der Waals surface area contributed by atoms with Gasteiger partial charge in [-0.2, -0.15) is 0 Å². The van der Waals surface area contributed by atoms with Crippen LogP contribution in [-0.4, -0.2) is 41.6 Å². The molecule has 2 aliphatic rings. The number of nitrogens with one attached hydrogen (secondary N) is 1. The summed E-state index contributed by atoms with van der Waals surface area (Å²) in [6, 6.07) is -0.0981. The molecule has 19 heavy (non-hydrogen) atoms. The number of piperidine rings is 1. The highest BCUT2D eigenvalue weighted by Gasteiger charge is 2.41. The van der Waals surface area contributed by atoms with Gasteiger partial charge in [0.1, 0.15) is 0 Å². The summed E-state index contributed by atoms with van der Waals surface area (Å²) in [4.78, 5) is 25.3. The lowest BCUT2D eigenvalue weighted by Crippen LogP contribution is -2.49. The van der Waals surface area contributed by atoms with Crippen LogP contribution in [0, 0.1) is 11.3 Å². The van der Waals surface area contributed by atoms with Gasteiger partial charge in [-0.3, -0.25) is 4.79 Å². The van der Waals surface area contributed by atoms with Crippen LogP contribution in [0.3, 0.4) is 0 Å². The van der Waals surface area contributed by atoms with Gasteiger partial charge in [0.25, 0.3) is 0 Å². The topological polar surface area (TPSA) is 69.6 Å². The predicted octanol–water partition coefficient (Wildman–Crippen LogP) is 2.07. The minimum Gasteiger partial charge on any atom is -0.481 e. The van der Waals surface area contributed by atoms with E-state index in [9.17, 15) is 14.7 Å². The fourth-order valence-electron chi connectivity index (χ4n) is 3.25. The molecule has 2 fully saturated rings. The van der Waals surface area contributed by atoms with Crippen LogP contribution in [0.25, 0.3) is 0 Å². The van der Waals surface area contributed by atoms with Gasteiger partial charge in [0.05, 0.1) is 5.41 Å². The van der Waals surface area contributed by atoms with Crippen molar-refractivity contribution in [2.45, 2.75) is 45.4 Å². The summed E-state index contributed by atoms with van der Waals surface area (Å²) in [5.74, 6) is -0.225. The maximum absolute atomic E-state index is 12.1. The number of aliphatic carboxylic acids is 1. The first kappa shape index (κ1) is 14.2. The molecule has 108 valence electrons. The molecule has 1 aliphatic heterocycles. The number of carbonyl (C=O) groups excluding carboxylic acids is 1. The summed E-state index contributed by atoms with van der Waals surface area (Å²) in [5, 5.41) is 12.2. The third kappa shape index (κ3) is 3.19. The van der Waals surface area contributed by atoms with E-state index < -0.39 is 11.4 Å². The molecule has 1 atom stereocenters. The number of carboxylic acid groups (broad SMARTS) is 1. The molecule has 0 radical (unpaired) electrons. The van der Waals surface area contributed by atoms with E-state index in [-0.39, 0.29) is 12.6 Å². The lowest BCUT2D eigenvalue weighted by molar-refractivity contribution is -0.148. The second-order valence-electron chi connectivity index (χ2n) is 6.14. The second-order valence-corrected chi connectivity index (χ2v) is 6.14. The van der Waals surface area contributed by atoms with Crippen LogP contribution < -0.4 is 5.32 Å². The fraction of sp³-hybridized carbons (Fsp3) is 0.857. The number of likely N-dealkylation sites (tertiary alicyclic amines) is 1. The Bertz CT molecular complexity index is 351. The number of hydrogen-bond acceptors (Lipinski definition) is 2. The highest BCUT2D eigenvalue weighted by Crippen LogP contribution is 2.37. The Morgan fingerprint density at radius 3 is 2.58 bits per heavy atom. The van der Waals surface area contributed by atoms with Crippen molar-refractivity contribution in [2.75, 3.05) is 19.6 Å². The highest BCUT2D eigenvalue weighted by atomic mass is 16.4. The summed E-state index contributed by atoms with van der Waals surface area (Å²) in [6.07, 6.45) is 5.46. The van der Waals surface area contributed by atoms with Crippen LogP contribution >= 0.6 is 0 Å². The quantitative estimate of drug-likeness (QED) is 0.823. The van der Waals surface area contributed by atoms with Crippen LogP contribution in [0.15, 0.2) is 0 Å². The van der Waals surface area contributed by atoms with Crippen LogP contribution in [0.2, 0.25) is 0 Å². The molecule has 1 heterocycles. The van der Waals surface area contributed by atoms with Gasteiger partial charge in [-0.15, -0.1) is 0 Å². The van der Waals surface area contributed by atoms with Gasteiger partial charge < -0.3 is 15.3 Å². The van der Waals surface area contributed by atoms with Crippen LogP contribution in [-0.2, 0) is 4.79 Å². The van der Waals surface area contributed by atoms with E-state index in [1.807, 2.05) is 4.90 Å². The Morgan fingerprint density at radius 1 is 1.32 bits per heavy atom. The first-order valence-electron chi connectivity index (χ1n) is 7.30. The Kier molecular flexibility index (Phi) is 4.32. The summed E-state index contributed by atoms with van der Waals surface area (Å²) >= 11 is 0. The molecule has 0 bridgehead atoms. The van der Waals surface area contributed by atoms with E-state index in [0.29, 0.717) is 18.8 Å². The average Bonchev–Trinajstić information content (AvgIpc) is 2.86. The molecule has 5 heteroatoms. The monoisotopic (exact) mass is 268 g/mol. The van der Waals surface area contributed by atoms with Crippen molar-refractivity contribution in [3.05, 3.63) is 0 Å². The lowest BCUT2D eigenvalue weighted by atomic mass is 9.86. The average molecular weight is 268 g/mol. The third-order valence-corrected chi connectivity index (χ3v) is 4.54. The molecule has 1 saturated heterocycles. The molecular weight excluding hydrogens is 244 g/mol. The van der Waals surface area contributed by atoms with E-state index in [1.54, 1.807) is 0 Å². The third-order valence-electron chi connectivity index (χ3n) is 4.54. The molecule has 0 aromatic heterocycles. The zero-order valence-corrected chi connectivity index (χ0v) is 11.7. The Labute approximate surface area is 114 Å². The van der Waals surface area contributed by atoms with Crippen molar-refractivity contribution in [1.82, 2.24) is 10.2 Å². The molecule has 2 rings (SSSR count). The number of hydrogen-bond donors (Lipinski definition) is 2. The van der Waals surface area contributed by atoms with E-state index in [1.165, 1.54) is 6.42 Å². The maximum atomic E-state index is 12.1. The predicted molar refractivity (Wildman–Crippen MR) is 71.9 cm³/mol. The van der Waals surface area contributed by atoms with Gasteiger partial charge in [0, 0.05) is 19.6 Å². The second kappa shape index (κ2) is 5.80. The highest BCUT2D eigenvalue weighted by molar-refractivity contribution is 5.78. The van der Waals surface area contributed by atoms with Crippen molar-refractivity contribution in [2.24, 2.45) is 11.3 Å². The maximum Gasteiger partial charge on any atom is 0.317 e. The molecule has 0 aromatic rings. The number of carboxylic acids is 1. The van der Waals surface area contributed by atoms with E-state index in [0.717, 1.165) is 32.4 Å². The van der Waals surface area contributed by atoms with Gasteiger partial charge in [-0.25, -0.2) is 4.79 Å². The molecule has 2 N–H and O–H groups in total. The molecular formula is C14H24N2O3. The van der Waals surface area contributed by atoms with Crippen LogP contribution in [0.5, 0.6) is 0 Å². The Balaban J connectivity index is 1.87. The molecule has 5 nitrogen and oxygen atoms in total. The Morgan fingerprint density at radius 2 is 2.00 bits per heavy atom. The zero-order chi connectivity index (χ0) is 13.9. The van der Waals surface area contributed by atoms with Crippen molar-refractivity contribution in [3.8, 4) is 0 Å². The number of amides is 2. The number of carbonyl (C=O) groups is 2. The largest absolute Gasteiger partial charge is 0.481 e. The normalized spacial score (nSPS) is 26.2. The van der Waals surface area contributed by atoms with Gasteiger partial charge in [0.2, 0.25) is 0 Å². The zero-order valence-electron chi connectivity index (χ0n) is 11.7. The van der Waals surface area contributed by atoms with E-state index in [4.69, 9.17) is 0 Å². The van der Waals surface area contributed by atoms with Crippen molar-refractivity contribution in [3.63, 3.8) is 0 Å². The van der Waals surface area contributed by atoms with E-state index in [2.05, 4.69) is 12.2 Å². The summed E-state index contributed by atoms with van der Waals surface area (Å²) in [7, 11) is 0. The van der Waals surface area contributed by atoms with Gasteiger partial charge in [0.15, 0.2) is 0 Å². The van der Waals surface area contributed by atoms with Gasteiger partial charge in [-0.05, 0) is 31.6 Å². The molecule has 1 unspecified atom stereocenters. The minimum absolute atomic E-state index is 0.0981. The molecule has 0 aromatic carbocycles. The number of urea groups is 1. The molecule has 1 saturated carbocycles. The Hall–Kier alpha value is -1.26. The van der Waals surface area contributed by atoms with Crippen LogP contribution in [0.1, 0.15) is 45.4 Å². The SMILES string of the molecule is CC1CCCN(C(=O)NCC2(C(=O)O)CCCC2)C1. The summed E-state index contributed by atoms with van der Waals surface area (Å²) in [5.41, 5.74) is -0.725. The van der Waals surface area contributed by atoms with Crippen molar-refractivity contribution in [1.29, 1.82) is 0 Å². The number of nitrogens with zero attached hydrogens (tertiary/aromatic N) is 1. The number of rotatable bonds is 3. The van der Waals surface area contributed by atoms with Gasteiger partial charge in [-0.1, -0.05) is 19.8 Å². The van der Waals surface area contributed by atoms with Crippen molar-refractivity contribution < 1.29 is 14.7 Å². The van der Waals surface area contributed by atoms with Crippen molar-refractivity contribution >= 4 is 12.0 Å². The first-order valence-corrected chi connectivity index (χ1v) is 7.30. The van der Waals surface area contributed by atoms with E-state index >= 15 is 0 Å². The summed E-state index contributed by atoms with van der Waals surface area (Å²) in [6.45, 7) is 3.99. The summed E-state index contributed by atoms with van der Waals surface area (Å²) < 4.78 is 0. The minimum atomic E-state index is -0.766. The molecule has 0 spiro atoms. The lowest BCUT2D eigenvalue weighted by Gasteiger charge is -2.32.